The highest BCUT2D eigenvalue weighted by Crippen LogP contribution is 2.19. The number of amides is 1. The summed E-state index contributed by atoms with van der Waals surface area (Å²) < 4.78 is 0. The molecule has 3 aromatic rings. The molecule has 0 radical (unpaired) electrons. The van der Waals surface area contributed by atoms with Crippen molar-refractivity contribution in [1.29, 1.82) is 0 Å². The molecule has 0 spiro atoms. The molecule has 0 aliphatic heterocycles. The van der Waals surface area contributed by atoms with Crippen molar-refractivity contribution in [1.82, 2.24) is 9.88 Å². The SMILES string of the molecule is Cc1ccc(C(=O)c2ccccc2C(=O)N(C)Cc2ccccn2)cc1C. The van der Waals surface area contributed by atoms with Crippen molar-refractivity contribution in [2.75, 3.05) is 7.05 Å². The molecule has 2 aromatic carbocycles. The molecule has 0 N–H and O–H groups in total. The van der Waals surface area contributed by atoms with Gasteiger partial charge in [0.15, 0.2) is 5.78 Å². The minimum atomic E-state index is -0.201. The smallest absolute Gasteiger partial charge is 0.254 e. The minimum absolute atomic E-state index is 0.145. The molecular weight excluding hydrogens is 336 g/mol. The van der Waals surface area contributed by atoms with Gasteiger partial charge >= 0.3 is 0 Å². The summed E-state index contributed by atoms with van der Waals surface area (Å²) in [5.41, 5.74) is 4.39. The van der Waals surface area contributed by atoms with Gasteiger partial charge < -0.3 is 4.90 Å². The summed E-state index contributed by atoms with van der Waals surface area (Å²) in [4.78, 5) is 31.8. The van der Waals surface area contributed by atoms with Gasteiger partial charge in [-0.3, -0.25) is 14.6 Å². The lowest BCUT2D eigenvalue weighted by atomic mass is 9.95. The van der Waals surface area contributed by atoms with Crippen LogP contribution in [0, 0.1) is 13.8 Å². The summed E-state index contributed by atoms with van der Waals surface area (Å²) in [5.74, 6) is -0.346. The second-order valence-corrected chi connectivity index (χ2v) is 6.66. The number of carbonyl (C=O) groups is 2. The topological polar surface area (TPSA) is 50.3 Å². The Morgan fingerprint density at radius 2 is 1.59 bits per heavy atom. The van der Waals surface area contributed by atoms with Crippen molar-refractivity contribution >= 4 is 11.7 Å². The van der Waals surface area contributed by atoms with E-state index in [1.807, 2.05) is 50.2 Å². The van der Waals surface area contributed by atoms with Gasteiger partial charge in [0.2, 0.25) is 0 Å². The van der Waals surface area contributed by atoms with Gasteiger partial charge in [-0.2, -0.15) is 0 Å². The molecule has 0 unspecified atom stereocenters. The van der Waals surface area contributed by atoms with E-state index >= 15 is 0 Å². The third kappa shape index (κ3) is 4.11. The van der Waals surface area contributed by atoms with Gasteiger partial charge in [0, 0.05) is 24.4 Å². The van der Waals surface area contributed by atoms with Crippen LogP contribution in [0.2, 0.25) is 0 Å². The number of ketones is 1. The number of rotatable bonds is 5. The summed E-state index contributed by atoms with van der Waals surface area (Å²) in [6, 6.07) is 18.2. The van der Waals surface area contributed by atoms with Gasteiger partial charge in [0.1, 0.15) is 0 Å². The van der Waals surface area contributed by atoms with Crippen LogP contribution in [-0.2, 0) is 6.54 Å². The van der Waals surface area contributed by atoms with Crippen LogP contribution in [0.1, 0.15) is 43.1 Å². The van der Waals surface area contributed by atoms with Crippen LogP contribution in [0.3, 0.4) is 0 Å². The van der Waals surface area contributed by atoms with Crippen molar-refractivity contribution in [2.24, 2.45) is 0 Å². The molecule has 1 amide bonds. The average Bonchev–Trinajstić information content (AvgIpc) is 2.69. The molecule has 1 heterocycles. The standard InChI is InChI=1S/C23H22N2O2/c1-16-11-12-18(14-17(16)2)22(26)20-9-4-5-10-21(20)23(27)25(3)15-19-8-6-7-13-24-19/h4-14H,15H2,1-3H3. The monoisotopic (exact) mass is 358 g/mol. The number of aryl methyl sites for hydroxylation is 2. The zero-order valence-electron chi connectivity index (χ0n) is 15.8. The predicted molar refractivity (Wildman–Crippen MR) is 106 cm³/mol. The Labute approximate surface area is 159 Å². The summed E-state index contributed by atoms with van der Waals surface area (Å²) in [6.07, 6.45) is 1.70. The van der Waals surface area contributed by atoms with Crippen LogP contribution in [0.4, 0.5) is 0 Å². The van der Waals surface area contributed by atoms with E-state index in [1.165, 1.54) is 0 Å². The Morgan fingerprint density at radius 3 is 2.26 bits per heavy atom. The van der Waals surface area contributed by atoms with Crippen LogP contribution >= 0.6 is 0 Å². The van der Waals surface area contributed by atoms with Crippen LogP contribution in [-0.4, -0.2) is 28.6 Å². The van der Waals surface area contributed by atoms with Crippen molar-refractivity contribution in [3.63, 3.8) is 0 Å². The molecule has 27 heavy (non-hydrogen) atoms. The molecule has 0 aliphatic rings. The molecule has 0 saturated carbocycles. The fourth-order valence-corrected chi connectivity index (χ4v) is 2.92. The lowest BCUT2D eigenvalue weighted by Crippen LogP contribution is -2.28. The Balaban J connectivity index is 1.89. The minimum Gasteiger partial charge on any atom is -0.336 e. The fourth-order valence-electron chi connectivity index (χ4n) is 2.92. The fraction of sp³-hybridized carbons (Fsp3) is 0.174. The van der Waals surface area contributed by atoms with E-state index in [4.69, 9.17) is 0 Å². The number of benzene rings is 2. The third-order valence-corrected chi connectivity index (χ3v) is 4.64. The predicted octanol–water partition coefficient (Wildman–Crippen LogP) is 4.20. The molecule has 0 aliphatic carbocycles. The van der Waals surface area contributed by atoms with Gasteiger partial charge in [-0.1, -0.05) is 36.4 Å². The Morgan fingerprint density at radius 1 is 0.889 bits per heavy atom. The maximum Gasteiger partial charge on any atom is 0.254 e. The summed E-state index contributed by atoms with van der Waals surface area (Å²) >= 11 is 0. The summed E-state index contributed by atoms with van der Waals surface area (Å²) in [5, 5.41) is 0. The molecule has 0 bridgehead atoms. The third-order valence-electron chi connectivity index (χ3n) is 4.64. The first-order valence-corrected chi connectivity index (χ1v) is 8.83. The lowest BCUT2D eigenvalue weighted by Gasteiger charge is -2.18. The van der Waals surface area contributed by atoms with Crippen LogP contribution in [0.15, 0.2) is 66.9 Å². The molecule has 0 saturated heterocycles. The zero-order valence-corrected chi connectivity index (χ0v) is 15.8. The van der Waals surface area contributed by atoms with E-state index in [2.05, 4.69) is 4.98 Å². The van der Waals surface area contributed by atoms with Gasteiger partial charge in [-0.15, -0.1) is 0 Å². The second kappa shape index (κ2) is 7.96. The van der Waals surface area contributed by atoms with E-state index < -0.39 is 0 Å². The van der Waals surface area contributed by atoms with Gasteiger partial charge in [0.25, 0.3) is 5.91 Å². The van der Waals surface area contributed by atoms with E-state index in [9.17, 15) is 9.59 Å². The van der Waals surface area contributed by atoms with Crippen molar-refractivity contribution in [3.05, 3.63) is 100 Å². The highest BCUT2D eigenvalue weighted by atomic mass is 16.2. The number of pyridine rings is 1. The van der Waals surface area contributed by atoms with Crippen molar-refractivity contribution < 1.29 is 9.59 Å². The van der Waals surface area contributed by atoms with E-state index in [0.29, 0.717) is 23.2 Å². The van der Waals surface area contributed by atoms with Crippen LogP contribution in [0.5, 0.6) is 0 Å². The van der Waals surface area contributed by atoms with Gasteiger partial charge in [-0.25, -0.2) is 0 Å². The number of hydrogen-bond acceptors (Lipinski definition) is 3. The van der Waals surface area contributed by atoms with Gasteiger partial charge in [-0.05, 0) is 49.2 Å². The number of nitrogens with zero attached hydrogens (tertiary/aromatic N) is 2. The molecule has 3 rings (SSSR count). The molecule has 0 atom stereocenters. The maximum atomic E-state index is 13.0. The highest BCUT2D eigenvalue weighted by molar-refractivity contribution is 6.15. The summed E-state index contributed by atoms with van der Waals surface area (Å²) in [7, 11) is 1.72. The zero-order chi connectivity index (χ0) is 19.4. The van der Waals surface area contributed by atoms with Gasteiger partial charge in [0.05, 0.1) is 17.8 Å². The molecule has 1 aromatic heterocycles. The summed E-state index contributed by atoms with van der Waals surface area (Å²) in [6.45, 7) is 4.36. The first-order valence-electron chi connectivity index (χ1n) is 8.83. The lowest BCUT2D eigenvalue weighted by molar-refractivity contribution is 0.0779. The maximum absolute atomic E-state index is 13.0. The second-order valence-electron chi connectivity index (χ2n) is 6.66. The molecule has 136 valence electrons. The Kier molecular flexibility index (Phi) is 5.46. The average molecular weight is 358 g/mol. The normalized spacial score (nSPS) is 10.5. The number of carbonyl (C=O) groups excluding carboxylic acids is 2. The molecular formula is C23H22N2O2. The molecule has 0 fully saturated rings. The van der Waals surface area contributed by atoms with E-state index in [0.717, 1.165) is 16.8 Å². The van der Waals surface area contributed by atoms with Crippen molar-refractivity contribution in [3.8, 4) is 0 Å². The van der Waals surface area contributed by atoms with E-state index in [1.54, 1.807) is 42.4 Å². The van der Waals surface area contributed by atoms with Crippen LogP contribution < -0.4 is 0 Å². The quantitative estimate of drug-likeness (QED) is 0.642. The molecule has 4 heteroatoms. The Hall–Kier alpha value is -3.27. The largest absolute Gasteiger partial charge is 0.336 e. The molecule has 4 nitrogen and oxygen atoms in total. The van der Waals surface area contributed by atoms with E-state index in [-0.39, 0.29) is 11.7 Å². The first-order chi connectivity index (χ1) is 13.0. The Bertz CT molecular complexity index is 981. The highest BCUT2D eigenvalue weighted by Gasteiger charge is 2.21. The first kappa shape index (κ1) is 18.5. The number of aromatic nitrogens is 1. The number of hydrogen-bond donors (Lipinski definition) is 0. The van der Waals surface area contributed by atoms with Crippen molar-refractivity contribution in [2.45, 2.75) is 20.4 Å². The van der Waals surface area contributed by atoms with Crippen LogP contribution in [0.25, 0.3) is 0 Å².